The zero-order chi connectivity index (χ0) is 13.7. The Morgan fingerprint density at radius 1 is 1.44 bits per heavy atom. The summed E-state index contributed by atoms with van der Waals surface area (Å²) in [5, 5.41) is 8.93. The summed E-state index contributed by atoms with van der Waals surface area (Å²) in [6.07, 6.45) is 0.0447. The van der Waals surface area contributed by atoms with Gasteiger partial charge in [0.1, 0.15) is 0 Å². The number of nitrogens with two attached hydrogens (primary N) is 1. The summed E-state index contributed by atoms with van der Waals surface area (Å²) in [6.45, 7) is 2.95. The van der Waals surface area contributed by atoms with Crippen LogP contribution >= 0.6 is 11.6 Å². The first-order chi connectivity index (χ1) is 8.45. The van der Waals surface area contributed by atoms with Crippen LogP contribution in [0.5, 0.6) is 0 Å². The van der Waals surface area contributed by atoms with Crippen molar-refractivity contribution in [1.29, 1.82) is 0 Å². The molecule has 1 amide bonds. The lowest BCUT2D eigenvalue weighted by Crippen LogP contribution is -2.25. The summed E-state index contributed by atoms with van der Waals surface area (Å²) in [6, 6.07) is 4.87. The van der Waals surface area contributed by atoms with Gasteiger partial charge in [0.15, 0.2) is 0 Å². The Morgan fingerprint density at radius 3 is 2.56 bits per heavy atom. The smallest absolute Gasteiger partial charge is 0.305 e. The number of carboxylic acid groups (broad SMARTS) is 1. The van der Waals surface area contributed by atoms with E-state index in [1.807, 2.05) is 11.8 Å². The highest BCUT2D eigenvalue weighted by molar-refractivity contribution is 6.34. The number of amides is 1. The molecule has 0 fully saturated rings. The molecule has 6 heteroatoms. The number of hydrogen-bond acceptors (Lipinski definition) is 3. The van der Waals surface area contributed by atoms with Crippen LogP contribution in [0.25, 0.3) is 0 Å². The second kappa shape index (κ2) is 6.26. The molecule has 0 aliphatic rings. The molecule has 0 aliphatic heterocycles. The van der Waals surface area contributed by atoms with Crippen molar-refractivity contribution in [1.82, 2.24) is 0 Å². The minimum atomic E-state index is -0.853. The van der Waals surface area contributed by atoms with Crippen molar-refractivity contribution < 1.29 is 14.7 Å². The number of anilines is 1. The van der Waals surface area contributed by atoms with E-state index in [2.05, 4.69) is 0 Å². The van der Waals surface area contributed by atoms with Gasteiger partial charge in [-0.15, -0.1) is 0 Å². The molecular weight excluding hydrogens is 256 g/mol. The van der Waals surface area contributed by atoms with Gasteiger partial charge in [0, 0.05) is 18.8 Å². The van der Waals surface area contributed by atoms with Gasteiger partial charge in [0.25, 0.3) is 0 Å². The molecule has 1 rings (SSSR count). The van der Waals surface area contributed by atoms with E-state index >= 15 is 0 Å². The van der Waals surface area contributed by atoms with Crippen LogP contribution in [0.1, 0.15) is 23.7 Å². The lowest BCUT2D eigenvalue weighted by Gasteiger charge is -2.22. The fraction of sp³-hybridized carbons (Fsp3) is 0.333. The second-order valence-corrected chi connectivity index (χ2v) is 4.16. The van der Waals surface area contributed by atoms with Gasteiger partial charge in [-0.25, -0.2) is 0 Å². The molecule has 0 saturated carbocycles. The molecule has 1 aromatic carbocycles. The second-order valence-electron chi connectivity index (χ2n) is 3.75. The third-order valence-corrected chi connectivity index (χ3v) is 2.87. The molecule has 1 aromatic rings. The van der Waals surface area contributed by atoms with E-state index in [1.165, 1.54) is 0 Å². The fourth-order valence-electron chi connectivity index (χ4n) is 1.60. The summed E-state index contributed by atoms with van der Waals surface area (Å²) in [5.41, 5.74) is 6.19. The standard InChI is InChI=1S/C12H15ClN2O3/c1-2-15(6-5-11(16)17)8-3-4-9(12(14)18)10(13)7-8/h3-4,7H,2,5-6H2,1H3,(H2,14,18)(H,16,17). The van der Waals surface area contributed by atoms with E-state index in [0.717, 1.165) is 5.69 Å². The number of carbonyl (C=O) groups excluding carboxylic acids is 1. The van der Waals surface area contributed by atoms with Crippen LogP contribution in [0.3, 0.4) is 0 Å². The number of benzene rings is 1. The molecule has 0 unspecified atom stereocenters. The third-order valence-electron chi connectivity index (χ3n) is 2.56. The predicted molar refractivity (Wildman–Crippen MR) is 70.1 cm³/mol. The van der Waals surface area contributed by atoms with Crippen LogP contribution in [0, 0.1) is 0 Å². The molecule has 0 radical (unpaired) electrons. The average molecular weight is 271 g/mol. The minimum absolute atomic E-state index is 0.0447. The molecule has 98 valence electrons. The third kappa shape index (κ3) is 3.63. The highest BCUT2D eigenvalue weighted by atomic mass is 35.5. The first-order valence-corrected chi connectivity index (χ1v) is 5.89. The highest BCUT2D eigenvalue weighted by Gasteiger charge is 2.11. The number of halogens is 1. The zero-order valence-corrected chi connectivity index (χ0v) is 10.8. The summed E-state index contributed by atoms with van der Waals surface area (Å²) in [5.74, 6) is -1.44. The molecule has 0 atom stereocenters. The van der Waals surface area contributed by atoms with Crippen LogP contribution < -0.4 is 10.6 Å². The van der Waals surface area contributed by atoms with Crippen LogP contribution in [-0.2, 0) is 4.79 Å². The summed E-state index contributed by atoms with van der Waals surface area (Å²) >= 11 is 5.94. The normalized spacial score (nSPS) is 10.1. The van der Waals surface area contributed by atoms with Crippen molar-refractivity contribution in [3.63, 3.8) is 0 Å². The SMILES string of the molecule is CCN(CCC(=O)O)c1ccc(C(N)=O)c(Cl)c1. The van der Waals surface area contributed by atoms with Crippen molar-refractivity contribution in [3.05, 3.63) is 28.8 Å². The van der Waals surface area contributed by atoms with E-state index in [0.29, 0.717) is 13.1 Å². The first kappa shape index (κ1) is 14.3. The average Bonchev–Trinajstić information content (AvgIpc) is 2.29. The number of rotatable bonds is 6. The molecule has 0 saturated heterocycles. The maximum Gasteiger partial charge on any atom is 0.305 e. The topological polar surface area (TPSA) is 83.6 Å². The quantitative estimate of drug-likeness (QED) is 0.825. The molecule has 0 heterocycles. The maximum atomic E-state index is 11.0. The number of hydrogen-bond donors (Lipinski definition) is 2. The Kier molecular flexibility index (Phi) is 4.97. The Labute approximate surface area is 110 Å². The molecule has 3 N–H and O–H groups in total. The molecule has 0 aromatic heterocycles. The Bertz CT molecular complexity index is 463. The Hall–Kier alpha value is -1.75. The number of nitrogens with zero attached hydrogens (tertiary/aromatic N) is 1. The van der Waals surface area contributed by atoms with E-state index in [9.17, 15) is 9.59 Å². The van der Waals surface area contributed by atoms with Crippen LogP contribution in [-0.4, -0.2) is 30.1 Å². The lowest BCUT2D eigenvalue weighted by molar-refractivity contribution is -0.136. The van der Waals surface area contributed by atoms with Gasteiger partial charge < -0.3 is 15.7 Å². The summed E-state index contributed by atoms with van der Waals surface area (Å²) in [7, 11) is 0. The zero-order valence-electron chi connectivity index (χ0n) is 10.0. The van der Waals surface area contributed by atoms with Crippen molar-refractivity contribution in [2.24, 2.45) is 5.73 Å². The van der Waals surface area contributed by atoms with Crippen molar-refractivity contribution in [3.8, 4) is 0 Å². The van der Waals surface area contributed by atoms with Crippen molar-refractivity contribution >= 4 is 29.2 Å². The van der Waals surface area contributed by atoms with Gasteiger partial charge in [-0.3, -0.25) is 9.59 Å². The first-order valence-electron chi connectivity index (χ1n) is 5.51. The minimum Gasteiger partial charge on any atom is -0.481 e. The highest BCUT2D eigenvalue weighted by Crippen LogP contribution is 2.23. The lowest BCUT2D eigenvalue weighted by atomic mass is 10.2. The van der Waals surface area contributed by atoms with Crippen molar-refractivity contribution in [2.75, 3.05) is 18.0 Å². The van der Waals surface area contributed by atoms with E-state index in [4.69, 9.17) is 22.4 Å². The molecule has 0 spiro atoms. The molecule has 0 aliphatic carbocycles. The van der Waals surface area contributed by atoms with Crippen LogP contribution in [0.15, 0.2) is 18.2 Å². The maximum absolute atomic E-state index is 11.0. The fourth-order valence-corrected chi connectivity index (χ4v) is 1.87. The molecule has 18 heavy (non-hydrogen) atoms. The van der Waals surface area contributed by atoms with E-state index in [1.54, 1.807) is 18.2 Å². The monoisotopic (exact) mass is 270 g/mol. The Balaban J connectivity index is 2.90. The van der Waals surface area contributed by atoms with Gasteiger partial charge in [-0.2, -0.15) is 0 Å². The van der Waals surface area contributed by atoms with E-state index < -0.39 is 11.9 Å². The number of primary amides is 1. The molecule has 0 bridgehead atoms. The summed E-state index contributed by atoms with van der Waals surface area (Å²) in [4.78, 5) is 23.4. The van der Waals surface area contributed by atoms with E-state index in [-0.39, 0.29) is 17.0 Å². The van der Waals surface area contributed by atoms with Gasteiger partial charge in [-0.05, 0) is 25.1 Å². The molecule has 5 nitrogen and oxygen atoms in total. The molecular formula is C12H15ClN2O3. The van der Waals surface area contributed by atoms with Gasteiger partial charge in [-0.1, -0.05) is 11.6 Å². The van der Waals surface area contributed by atoms with Crippen LogP contribution in [0.2, 0.25) is 5.02 Å². The Morgan fingerprint density at radius 2 is 2.11 bits per heavy atom. The number of carbonyl (C=O) groups is 2. The summed E-state index contributed by atoms with van der Waals surface area (Å²) < 4.78 is 0. The number of aliphatic carboxylic acids is 1. The van der Waals surface area contributed by atoms with Crippen LogP contribution in [0.4, 0.5) is 5.69 Å². The number of carboxylic acids is 1. The van der Waals surface area contributed by atoms with Gasteiger partial charge in [0.2, 0.25) is 5.91 Å². The van der Waals surface area contributed by atoms with Gasteiger partial charge in [0.05, 0.1) is 17.0 Å². The van der Waals surface area contributed by atoms with Crippen molar-refractivity contribution in [2.45, 2.75) is 13.3 Å². The van der Waals surface area contributed by atoms with Gasteiger partial charge >= 0.3 is 5.97 Å². The largest absolute Gasteiger partial charge is 0.481 e. The predicted octanol–water partition coefficient (Wildman–Crippen LogP) is 1.74.